The van der Waals surface area contributed by atoms with Crippen molar-refractivity contribution in [3.8, 4) is 11.5 Å². The van der Waals surface area contributed by atoms with Crippen molar-refractivity contribution < 1.29 is 14.3 Å². The lowest BCUT2D eigenvalue weighted by Gasteiger charge is -2.26. The number of amides is 1. The third kappa shape index (κ3) is 1.80. The second-order valence-corrected chi connectivity index (χ2v) is 5.00. The molecule has 0 saturated heterocycles. The highest BCUT2D eigenvalue weighted by atomic mass is 16.5. The van der Waals surface area contributed by atoms with E-state index in [-0.39, 0.29) is 5.91 Å². The first-order valence-corrected chi connectivity index (χ1v) is 6.58. The van der Waals surface area contributed by atoms with Crippen LogP contribution in [-0.2, 0) is 6.42 Å². The van der Waals surface area contributed by atoms with E-state index in [4.69, 9.17) is 9.47 Å². The van der Waals surface area contributed by atoms with E-state index < -0.39 is 0 Å². The van der Waals surface area contributed by atoms with Crippen LogP contribution in [0, 0.1) is 0 Å². The highest BCUT2D eigenvalue weighted by molar-refractivity contribution is 6.03. The lowest BCUT2D eigenvalue weighted by atomic mass is 9.93. The molecule has 104 valence electrons. The zero-order valence-electron chi connectivity index (χ0n) is 11.9. The molecular formula is C16H17NO3. The van der Waals surface area contributed by atoms with Gasteiger partial charge < -0.3 is 14.4 Å². The number of fused-ring (bicyclic) bond motifs is 3. The molecule has 2 aromatic carbocycles. The summed E-state index contributed by atoms with van der Waals surface area (Å²) in [6.07, 6.45) is 0.865. The number of hydrogen-bond acceptors (Lipinski definition) is 3. The van der Waals surface area contributed by atoms with Gasteiger partial charge in [-0.25, -0.2) is 0 Å². The quantitative estimate of drug-likeness (QED) is 0.842. The van der Waals surface area contributed by atoms with Gasteiger partial charge in [-0.2, -0.15) is 0 Å². The van der Waals surface area contributed by atoms with Crippen LogP contribution in [0.2, 0.25) is 0 Å². The SMILES string of the molecule is COc1cc2ccc3c(c2cc1OC)CCN(C)C3=O. The van der Waals surface area contributed by atoms with E-state index in [0.717, 1.165) is 34.9 Å². The Labute approximate surface area is 117 Å². The van der Waals surface area contributed by atoms with Gasteiger partial charge in [-0.1, -0.05) is 6.07 Å². The average Bonchev–Trinajstić information content (AvgIpc) is 2.49. The van der Waals surface area contributed by atoms with Crippen molar-refractivity contribution in [3.63, 3.8) is 0 Å². The summed E-state index contributed by atoms with van der Waals surface area (Å²) in [6, 6.07) is 7.79. The van der Waals surface area contributed by atoms with Crippen molar-refractivity contribution in [3.05, 3.63) is 35.4 Å². The lowest BCUT2D eigenvalue weighted by molar-refractivity contribution is 0.0781. The van der Waals surface area contributed by atoms with Crippen LogP contribution in [0.3, 0.4) is 0 Å². The summed E-state index contributed by atoms with van der Waals surface area (Å²) in [5, 5.41) is 2.14. The summed E-state index contributed by atoms with van der Waals surface area (Å²) in [5.74, 6) is 1.49. The van der Waals surface area contributed by atoms with E-state index >= 15 is 0 Å². The molecule has 4 heteroatoms. The Morgan fingerprint density at radius 3 is 2.50 bits per heavy atom. The van der Waals surface area contributed by atoms with Crippen LogP contribution in [0.15, 0.2) is 24.3 Å². The third-order valence-electron chi connectivity index (χ3n) is 3.91. The minimum Gasteiger partial charge on any atom is -0.493 e. The van der Waals surface area contributed by atoms with Crippen LogP contribution in [0.25, 0.3) is 10.8 Å². The number of nitrogens with zero attached hydrogens (tertiary/aromatic N) is 1. The molecule has 0 atom stereocenters. The largest absolute Gasteiger partial charge is 0.493 e. The van der Waals surface area contributed by atoms with Gasteiger partial charge in [0.1, 0.15) is 0 Å². The molecule has 0 radical (unpaired) electrons. The van der Waals surface area contributed by atoms with Crippen molar-refractivity contribution in [2.45, 2.75) is 6.42 Å². The zero-order valence-corrected chi connectivity index (χ0v) is 11.9. The van der Waals surface area contributed by atoms with E-state index in [1.54, 1.807) is 19.1 Å². The monoisotopic (exact) mass is 271 g/mol. The van der Waals surface area contributed by atoms with Crippen LogP contribution in [0.4, 0.5) is 0 Å². The summed E-state index contributed by atoms with van der Waals surface area (Å²) in [5.41, 5.74) is 1.89. The predicted octanol–water partition coefficient (Wildman–Crippen LogP) is 2.49. The summed E-state index contributed by atoms with van der Waals surface area (Å²) in [7, 11) is 5.09. The topological polar surface area (TPSA) is 38.8 Å². The summed E-state index contributed by atoms with van der Waals surface area (Å²) < 4.78 is 10.7. The number of likely N-dealkylation sites (N-methyl/N-ethyl adjacent to an activating group) is 1. The van der Waals surface area contributed by atoms with E-state index in [1.807, 2.05) is 31.3 Å². The molecule has 0 fully saturated rings. The number of ether oxygens (including phenoxy) is 2. The van der Waals surface area contributed by atoms with Crippen LogP contribution in [-0.4, -0.2) is 38.6 Å². The Balaban J connectivity index is 2.27. The smallest absolute Gasteiger partial charge is 0.253 e. The molecular weight excluding hydrogens is 254 g/mol. The number of carbonyl (C=O) groups excluding carboxylic acids is 1. The minimum absolute atomic E-state index is 0.0861. The molecule has 1 aliphatic rings. The van der Waals surface area contributed by atoms with Crippen molar-refractivity contribution >= 4 is 16.7 Å². The first-order valence-electron chi connectivity index (χ1n) is 6.58. The Morgan fingerprint density at radius 2 is 1.80 bits per heavy atom. The maximum absolute atomic E-state index is 12.2. The van der Waals surface area contributed by atoms with E-state index in [2.05, 4.69) is 0 Å². The second kappa shape index (κ2) is 4.71. The highest BCUT2D eigenvalue weighted by Crippen LogP contribution is 2.36. The van der Waals surface area contributed by atoms with Crippen LogP contribution >= 0.6 is 0 Å². The van der Waals surface area contributed by atoms with Gasteiger partial charge in [-0.3, -0.25) is 4.79 Å². The Hall–Kier alpha value is -2.23. The normalized spacial score (nSPS) is 14.3. The molecule has 4 nitrogen and oxygen atoms in total. The van der Waals surface area contributed by atoms with Crippen LogP contribution < -0.4 is 9.47 Å². The fraction of sp³-hybridized carbons (Fsp3) is 0.312. The van der Waals surface area contributed by atoms with Crippen LogP contribution in [0.5, 0.6) is 11.5 Å². The standard InChI is InChI=1S/C16H17NO3/c1-17-7-6-11-12(16(17)18)5-4-10-8-14(19-2)15(20-3)9-13(10)11/h4-5,8-9H,6-7H2,1-3H3. The Bertz CT molecular complexity index is 694. The third-order valence-corrected chi connectivity index (χ3v) is 3.91. The van der Waals surface area contributed by atoms with E-state index in [1.165, 1.54) is 0 Å². The van der Waals surface area contributed by atoms with Crippen LogP contribution in [0.1, 0.15) is 15.9 Å². The van der Waals surface area contributed by atoms with E-state index in [9.17, 15) is 4.79 Å². The molecule has 20 heavy (non-hydrogen) atoms. The van der Waals surface area contributed by atoms with E-state index in [0.29, 0.717) is 11.5 Å². The lowest BCUT2D eigenvalue weighted by Crippen LogP contribution is -2.34. The minimum atomic E-state index is 0.0861. The van der Waals surface area contributed by atoms with Gasteiger partial charge in [0.2, 0.25) is 0 Å². The van der Waals surface area contributed by atoms with Crippen molar-refractivity contribution in [1.29, 1.82) is 0 Å². The van der Waals surface area contributed by atoms with Gasteiger partial charge >= 0.3 is 0 Å². The molecule has 0 saturated carbocycles. The first-order chi connectivity index (χ1) is 9.65. The molecule has 0 aromatic heterocycles. The number of carbonyl (C=O) groups is 1. The van der Waals surface area contributed by atoms with Gasteiger partial charge in [0.05, 0.1) is 14.2 Å². The first kappa shape index (κ1) is 12.8. The molecule has 0 unspecified atom stereocenters. The predicted molar refractivity (Wildman–Crippen MR) is 77.7 cm³/mol. The fourth-order valence-corrected chi connectivity index (χ4v) is 2.77. The molecule has 0 spiro atoms. The number of benzene rings is 2. The second-order valence-electron chi connectivity index (χ2n) is 5.00. The molecule has 1 heterocycles. The van der Waals surface area contributed by atoms with Crippen molar-refractivity contribution in [2.24, 2.45) is 0 Å². The number of methoxy groups -OCH3 is 2. The Morgan fingerprint density at radius 1 is 1.10 bits per heavy atom. The molecule has 3 rings (SSSR count). The average molecular weight is 271 g/mol. The maximum atomic E-state index is 12.2. The molecule has 1 aliphatic heterocycles. The fourth-order valence-electron chi connectivity index (χ4n) is 2.77. The van der Waals surface area contributed by atoms with Gasteiger partial charge in [0.25, 0.3) is 5.91 Å². The highest BCUT2D eigenvalue weighted by Gasteiger charge is 2.23. The van der Waals surface area contributed by atoms with Gasteiger partial charge in [0.15, 0.2) is 11.5 Å². The maximum Gasteiger partial charge on any atom is 0.253 e. The summed E-state index contributed by atoms with van der Waals surface area (Å²) in [6.45, 7) is 0.749. The van der Waals surface area contributed by atoms with Gasteiger partial charge in [-0.05, 0) is 41.0 Å². The molecule has 0 bridgehead atoms. The Kier molecular flexibility index (Phi) is 3.01. The molecule has 0 aliphatic carbocycles. The van der Waals surface area contributed by atoms with Gasteiger partial charge in [-0.15, -0.1) is 0 Å². The van der Waals surface area contributed by atoms with Crippen molar-refractivity contribution in [1.82, 2.24) is 4.90 Å². The number of rotatable bonds is 2. The molecule has 2 aromatic rings. The summed E-state index contributed by atoms with van der Waals surface area (Å²) >= 11 is 0. The zero-order chi connectivity index (χ0) is 14.3. The molecule has 1 amide bonds. The van der Waals surface area contributed by atoms with Crippen molar-refractivity contribution in [2.75, 3.05) is 27.8 Å². The number of hydrogen-bond donors (Lipinski definition) is 0. The van der Waals surface area contributed by atoms with Gasteiger partial charge in [0, 0.05) is 19.2 Å². The summed E-state index contributed by atoms with van der Waals surface area (Å²) in [4.78, 5) is 14.0. The molecule has 0 N–H and O–H groups in total.